The van der Waals surface area contributed by atoms with Crippen LogP contribution >= 0.6 is 0 Å². The smallest absolute Gasteiger partial charge is 0.253 e. The Morgan fingerprint density at radius 3 is 2.77 bits per heavy atom. The lowest BCUT2D eigenvalue weighted by Crippen LogP contribution is -2.21. The maximum Gasteiger partial charge on any atom is 0.253 e. The van der Waals surface area contributed by atoms with Crippen LogP contribution in [0, 0.1) is 5.92 Å². The number of fused-ring (bicyclic) bond motifs is 2. The molecule has 0 aliphatic carbocycles. The van der Waals surface area contributed by atoms with Gasteiger partial charge in [-0.15, -0.1) is 0 Å². The molecule has 3 N–H and O–H groups in total. The summed E-state index contributed by atoms with van der Waals surface area (Å²) in [5.74, 6) is 0.621. The Morgan fingerprint density at radius 1 is 1.23 bits per heavy atom. The van der Waals surface area contributed by atoms with Gasteiger partial charge in [0.05, 0.1) is 27.6 Å². The molecule has 8 nitrogen and oxygen atoms in total. The molecule has 0 fully saturated rings. The van der Waals surface area contributed by atoms with E-state index in [-0.39, 0.29) is 23.6 Å². The molecule has 0 radical (unpaired) electrons. The van der Waals surface area contributed by atoms with Gasteiger partial charge in [-0.3, -0.25) is 4.79 Å². The van der Waals surface area contributed by atoms with E-state index in [1.807, 2.05) is 12.1 Å². The van der Waals surface area contributed by atoms with E-state index in [1.54, 1.807) is 19.3 Å². The average Bonchev–Trinajstić information content (AvgIpc) is 3.16. The molecule has 0 saturated heterocycles. The summed E-state index contributed by atoms with van der Waals surface area (Å²) in [7, 11) is -1.68. The molecule has 3 heterocycles. The molecule has 158 valence electrons. The van der Waals surface area contributed by atoms with E-state index >= 15 is 0 Å². The number of hydrogen-bond donors (Lipinski definition) is 3. The monoisotopic (exact) mass is 427 g/mol. The second-order valence-electron chi connectivity index (χ2n) is 7.88. The second-order valence-corrected chi connectivity index (χ2v) is 9.96. The number of aryl methyl sites for hydroxylation is 1. The predicted octanol–water partition coefficient (Wildman–Crippen LogP) is 2.85. The van der Waals surface area contributed by atoms with Gasteiger partial charge >= 0.3 is 0 Å². The minimum absolute atomic E-state index is 0.141. The molecule has 0 unspecified atom stereocenters. The lowest BCUT2D eigenvalue weighted by molar-refractivity contribution is 0.0964. The average molecular weight is 428 g/mol. The van der Waals surface area contributed by atoms with Gasteiger partial charge in [-0.05, 0) is 36.0 Å². The lowest BCUT2D eigenvalue weighted by atomic mass is 9.94. The van der Waals surface area contributed by atoms with Crippen molar-refractivity contribution in [2.75, 3.05) is 18.1 Å². The van der Waals surface area contributed by atoms with Gasteiger partial charge in [0.1, 0.15) is 17.8 Å². The highest BCUT2D eigenvalue weighted by Gasteiger charge is 2.27. The van der Waals surface area contributed by atoms with Gasteiger partial charge < -0.3 is 15.6 Å². The van der Waals surface area contributed by atoms with Gasteiger partial charge in [-0.1, -0.05) is 26.0 Å². The Balaban J connectivity index is 1.78. The van der Waals surface area contributed by atoms with Crippen LogP contribution in [0.1, 0.15) is 47.8 Å². The summed E-state index contributed by atoms with van der Waals surface area (Å²) in [6, 6.07) is 5.49. The highest BCUT2D eigenvalue weighted by atomic mass is 32.2. The zero-order valence-electron chi connectivity index (χ0n) is 17.2. The first-order valence-corrected chi connectivity index (χ1v) is 11.6. The zero-order valence-corrected chi connectivity index (χ0v) is 18.0. The Morgan fingerprint density at radius 2 is 2.03 bits per heavy atom. The normalized spacial score (nSPS) is 16.3. The third-order valence-electron chi connectivity index (χ3n) is 5.54. The topological polar surface area (TPSA) is 117 Å². The van der Waals surface area contributed by atoms with Crippen molar-refractivity contribution in [2.45, 2.75) is 37.6 Å². The molecular weight excluding hydrogens is 402 g/mol. The number of carbonyl (C=O) groups is 1. The quantitative estimate of drug-likeness (QED) is 0.576. The van der Waals surface area contributed by atoms with Gasteiger partial charge in [-0.25, -0.2) is 18.4 Å². The summed E-state index contributed by atoms with van der Waals surface area (Å²) in [5, 5.41) is 6.66. The Kier molecular flexibility index (Phi) is 5.23. The number of sulfone groups is 1. The first kappa shape index (κ1) is 20.3. The van der Waals surface area contributed by atoms with Gasteiger partial charge in [-0.2, -0.15) is 0 Å². The van der Waals surface area contributed by atoms with Gasteiger partial charge in [0.2, 0.25) is 0 Å². The fraction of sp³-hybridized carbons (Fsp3) is 0.381. The van der Waals surface area contributed by atoms with E-state index in [2.05, 4.69) is 39.4 Å². The number of benzene rings is 1. The molecule has 0 saturated carbocycles. The minimum atomic E-state index is -3.26. The number of H-pyrrole nitrogens is 1. The van der Waals surface area contributed by atoms with Crippen molar-refractivity contribution < 1.29 is 13.2 Å². The number of rotatable bonds is 5. The number of hydrogen-bond acceptors (Lipinski definition) is 6. The molecule has 1 atom stereocenters. The van der Waals surface area contributed by atoms with Crippen LogP contribution in [0.15, 0.2) is 35.6 Å². The molecular formula is C21H25N5O3S. The minimum Gasteiger partial charge on any atom is -0.362 e. The van der Waals surface area contributed by atoms with Crippen LogP contribution in [0.4, 0.5) is 5.82 Å². The molecule has 1 aromatic carbocycles. The lowest BCUT2D eigenvalue weighted by Gasteiger charge is -2.26. The maximum atomic E-state index is 12.6. The highest BCUT2D eigenvalue weighted by Crippen LogP contribution is 2.34. The summed E-state index contributed by atoms with van der Waals surface area (Å²) < 4.78 is 25.2. The van der Waals surface area contributed by atoms with Crippen molar-refractivity contribution in [1.29, 1.82) is 0 Å². The van der Waals surface area contributed by atoms with Crippen molar-refractivity contribution in [3.63, 3.8) is 0 Å². The Labute approximate surface area is 175 Å². The number of nitrogens with one attached hydrogen (secondary N) is 3. The maximum absolute atomic E-state index is 12.6. The summed E-state index contributed by atoms with van der Waals surface area (Å²) in [5.41, 5.74) is 2.76. The molecule has 3 aromatic rings. The van der Waals surface area contributed by atoms with E-state index in [1.165, 1.54) is 6.33 Å². The van der Waals surface area contributed by atoms with E-state index in [4.69, 9.17) is 0 Å². The molecule has 1 aliphatic rings. The number of amides is 1. The molecule has 1 amide bonds. The number of anilines is 1. The summed E-state index contributed by atoms with van der Waals surface area (Å²) >= 11 is 0. The predicted molar refractivity (Wildman–Crippen MR) is 115 cm³/mol. The van der Waals surface area contributed by atoms with Crippen molar-refractivity contribution in [3.8, 4) is 0 Å². The first-order chi connectivity index (χ1) is 14.3. The third kappa shape index (κ3) is 3.54. The van der Waals surface area contributed by atoms with Crippen LogP contribution in [-0.2, 0) is 16.3 Å². The van der Waals surface area contributed by atoms with Crippen molar-refractivity contribution >= 4 is 32.6 Å². The molecule has 0 spiro atoms. The fourth-order valence-electron chi connectivity index (χ4n) is 3.99. The number of carbonyl (C=O) groups excluding carboxylic acids is 1. The number of nitrogens with zero attached hydrogens (tertiary/aromatic N) is 2. The van der Waals surface area contributed by atoms with Gasteiger partial charge in [0.15, 0.2) is 9.84 Å². The van der Waals surface area contributed by atoms with E-state index < -0.39 is 9.84 Å². The Bertz CT molecular complexity index is 1220. The van der Waals surface area contributed by atoms with Crippen molar-refractivity contribution in [1.82, 2.24) is 20.3 Å². The third-order valence-corrected chi connectivity index (χ3v) is 7.42. The molecule has 1 aliphatic heterocycles. The SMILES string of the molecule is CNC(=O)c1c[nH]c2ncnc(N[C@@H](c3ccc4c(c3)S(=O)(=O)CCC4)C(C)C)c12. The summed E-state index contributed by atoms with van der Waals surface area (Å²) in [6.07, 6.45) is 4.48. The summed E-state index contributed by atoms with van der Waals surface area (Å²) in [6.45, 7) is 4.11. The molecule has 9 heteroatoms. The molecule has 0 bridgehead atoms. The van der Waals surface area contributed by atoms with Crippen LogP contribution in [0.3, 0.4) is 0 Å². The molecule has 2 aromatic heterocycles. The number of aromatic nitrogens is 3. The second kappa shape index (κ2) is 7.71. The van der Waals surface area contributed by atoms with E-state index in [0.717, 1.165) is 17.5 Å². The van der Waals surface area contributed by atoms with E-state index in [9.17, 15) is 13.2 Å². The Hall–Kier alpha value is -2.94. The van der Waals surface area contributed by atoms with Gasteiger partial charge in [0, 0.05) is 13.2 Å². The van der Waals surface area contributed by atoms with Crippen LogP contribution < -0.4 is 10.6 Å². The van der Waals surface area contributed by atoms with Crippen LogP contribution in [-0.4, -0.2) is 42.1 Å². The highest BCUT2D eigenvalue weighted by molar-refractivity contribution is 7.91. The van der Waals surface area contributed by atoms with E-state index in [0.29, 0.717) is 33.7 Å². The van der Waals surface area contributed by atoms with Crippen LogP contribution in [0.5, 0.6) is 0 Å². The van der Waals surface area contributed by atoms with Crippen molar-refractivity contribution in [3.05, 3.63) is 47.4 Å². The largest absolute Gasteiger partial charge is 0.362 e. The number of aromatic amines is 1. The first-order valence-electron chi connectivity index (χ1n) is 9.98. The molecule has 30 heavy (non-hydrogen) atoms. The standard InChI is InChI=1S/C21H25N5O3S/c1-12(2)18(14-7-6-13-5-4-8-30(28,29)16(13)9-14)26-20-17-15(21(27)22-3)10-23-19(17)24-11-25-20/h6-7,9-12,18H,4-5,8H2,1-3H3,(H,22,27)(H2,23,24,25,26)/t18-/m1/s1. The van der Waals surface area contributed by atoms with Crippen LogP contribution in [0.2, 0.25) is 0 Å². The van der Waals surface area contributed by atoms with Gasteiger partial charge in [0.25, 0.3) is 5.91 Å². The molecule has 4 rings (SSSR count). The van der Waals surface area contributed by atoms with Crippen LogP contribution in [0.25, 0.3) is 11.0 Å². The zero-order chi connectivity index (χ0) is 21.5. The summed E-state index contributed by atoms with van der Waals surface area (Å²) in [4.78, 5) is 24.3. The van der Waals surface area contributed by atoms with Crippen molar-refractivity contribution in [2.24, 2.45) is 5.92 Å². The fourth-order valence-corrected chi connectivity index (χ4v) is 5.62.